The van der Waals surface area contributed by atoms with E-state index in [1.165, 1.54) is 6.08 Å². The summed E-state index contributed by atoms with van der Waals surface area (Å²) in [6, 6.07) is 7.83. The predicted octanol–water partition coefficient (Wildman–Crippen LogP) is 1.92. The molecule has 0 unspecified atom stereocenters. The van der Waals surface area contributed by atoms with Gasteiger partial charge < -0.3 is 10.6 Å². The second kappa shape index (κ2) is 6.31. The van der Waals surface area contributed by atoms with Crippen molar-refractivity contribution >= 4 is 11.8 Å². The molecule has 6 heteroatoms. The van der Waals surface area contributed by atoms with Crippen molar-refractivity contribution in [2.24, 2.45) is 5.73 Å². The van der Waals surface area contributed by atoms with Gasteiger partial charge in [0, 0.05) is 24.8 Å². The largest absolute Gasteiger partial charge is 0.365 e. The Kier molecular flexibility index (Phi) is 4.20. The molecule has 0 bridgehead atoms. The molecule has 2 N–H and O–H groups in total. The second-order valence-corrected chi connectivity index (χ2v) is 6.03. The fourth-order valence-corrected chi connectivity index (χ4v) is 2.97. The van der Waals surface area contributed by atoms with Crippen LogP contribution in [0.15, 0.2) is 43.1 Å². The van der Waals surface area contributed by atoms with Gasteiger partial charge in [0.05, 0.1) is 11.6 Å². The van der Waals surface area contributed by atoms with E-state index >= 15 is 0 Å². The molecule has 24 heavy (non-hydrogen) atoms. The lowest BCUT2D eigenvalue weighted by Gasteiger charge is -2.14. The molecule has 1 aliphatic heterocycles. The van der Waals surface area contributed by atoms with E-state index in [9.17, 15) is 9.59 Å². The van der Waals surface area contributed by atoms with Gasteiger partial charge in [-0.1, -0.05) is 36.4 Å². The van der Waals surface area contributed by atoms with E-state index < -0.39 is 5.91 Å². The third-order valence-electron chi connectivity index (χ3n) is 4.35. The molecule has 2 heterocycles. The molecule has 1 aromatic heterocycles. The van der Waals surface area contributed by atoms with Gasteiger partial charge in [0.2, 0.25) is 5.91 Å². The Bertz CT molecular complexity index is 792. The van der Waals surface area contributed by atoms with Crippen LogP contribution in [0.25, 0.3) is 11.3 Å². The normalized spacial score (nSPS) is 17.0. The highest BCUT2D eigenvalue weighted by atomic mass is 16.2. The monoisotopic (exact) mass is 324 g/mol. The zero-order valence-corrected chi connectivity index (χ0v) is 13.6. The number of likely N-dealkylation sites (tertiary alicyclic amines) is 1. The quantitative estimate of drug-likeness (QED) is 0.872. The molecule has 0 spiro atoms. The number of carbonyl (C=O) groups excluding carboxylic acids is 2. The van der Waals surface area contributed by atoms with Gasteiger partial charge in [-0.2, -0.15) is 5.10 Å². The topological polar surface area (TPSA) is 81.2 Å². The minimum atomic E-state index is -0.506. The Balaban J connectivity index is 1.92. The van der Waals surface area contributed by atoms with E-state index in [1.54, 1.807) is 15.8 Å². The maximum atomic E-state index is 11.8. The van der Waals surface area contributed by atoms with Crippen LogP contribution in [-0.2, 0) is 4.79 Å². The Morgan fingerprint density at radius 1 is 1.33 bits per heavy atom. The number of nitrogens with zero attached hydrogens (tertiary/aromatic N) is 3. The highest BCUT2D eigenvalue weighted by Gasteiger charge is 2.28. The summed E-state index contributed by atoms with van der Waals surface area (Å²) in [5.74, 6) is -0.590. The van der Waals surface area contributed by atoms with Crippen molar-refractivity contribution in [3.63, 3.8) is 0 Å². The van der Waals surface area contributed by atoms with E-state index in [4.69, 9.17) is 5.73 Å². The summed E-state index contributed by atoms with van der Waals surface area (Å²) in [6.45, 7) is 6.72. The van der Waals surface area contributed by atoms with Crippen molar-refractivity contribution in [3.05, 3.63) is 54.2 Å². The number of aromatic nitrogens is 2. The van der Waals surface area contributed by atoms with Crippen molar-refractivity contribution < 1.29 is 9.59 Å². The summed E-state index contributed by atoms with van der Waals surface area (Å²) in [4.78, 5) is 25.3. The molecule has 124 valence electrons. The van der Waals surface area contributed by atoms with Crippen molar-refractivity contribution in [3.8, 4) is 11.3 Å². The van der Waals surface area contributed by atoms with E-state index in [1.807, 2.05) is 31.2 Å². The first-order chi connectivity index (χ1) is 11.5. The molecule has 1 aromatic carbocycles. The van der Waals surface area contributed by atoms with E-state index in [0.717, 1.165) is 17.5 Å². The molecule has 2 amide bonds. The summed E-state index contributed by atoms with van der Waals surface area (Å²) >= 11 is 0. The SMILES string of the molecule is C=CC(=O)N1CC[C@@H](n2cc(C(N)=O)c(-c3ccc(C)cc3)n2)C1. The first-order valence-electron chi connectivity index (χ1n) is 7.87. The van der Waals surface area contributed by atoms with Crippen LogP contribution in [-0.4, -0.2) is 39.6 Å². The molecule has 0 saturated carbocycles. The number of benzene rings is 1. The lowest BCUT2D eigenvalue weighted by molar-refractivity contribution is -0.125. The van der Waals surface area contributed by atoms with Gasteiger partial charge in [-0.05, 0) is 19.4 Å². The molecule has 0 radical (unpaired) electrons. The van der Waals surface area contributed by atoms with E-state index in [0.29, 0.717) is 24.3 Å². The molecule has 1 saturated heterocycles. The zero-order valence-electron chi connectivity index (χ0n) is 13.6. The number of hydrogen-bond acceptors (Lipinski definition) is 3. The van der Waals surface area contributed by atoms with E-state index in [2.05, 4.69) is 11.7 Å². The molecule has 2 aromatic rings. The fraction of sp³-hybridized carbons (Fsp3) is 0.278. The third kappa shape index (κ3) is 2.95. The number of rotatable bonds is 4. The van der Waals surface area contributed by atoms with Crippen LogP contribution in [0.1, 0.15) is 28.4 Å². The van der Waals surface area contributed by atoms with Gasteiger partial charge in [0.15, 0.2) is 0 Å². The van der Waals surface area contributed by atoms with Crippen molar-refractivity contribution in [1.29, 1.82) is 0 Å². The maximum absolute atomic E-state index is 11.8. The van der Waals surface area contributed by atoms with Crippen molar-refractivity contribution in [2.75, 3.05) is 13.1 Å². The first-order valence-corrected chi connectivity index (χ1v) is 7.87. The van der Waals surface area contributed by atoms with Crippen LogP contribution in [0.5, 0.6) is 0 Å². The molecule has 3 rings (SSSR count). The molecule has 1 aliphatic rings. The summed E-state index contributed by atoms with van der Waals surface area (Å²) in [7, 11) is 0. The van der Waals surface area contributed by atoms with Gasteiger partial charge in [-0.25, -0.2) is 0 Å². The summed E-state index contributed by atoms with van der Waals surface area (Å²) in [5, 5.41) is 4.59. The van der Waals surface area contributed by atoms with E-state index in [-0.39, 0.29) is 11.9 Å². The number of nitrogens with two attached hydrogens (primary N) is 1. The molecular formula is C18H20N4O2. The van der Waals surface area contributed by atoms with Crippen molar-refractivity contribution in [1.82, 2.24) is 14.7 Å². The van der Waals surface area contributed by atoms with Gasteiger partial charge in [0.1, 0.15) is 5.69 Å². The summed E-state index contributed by atoms with van der Waals surface area (Å²) in [6.07, 6.45) is 3.79. The fourth-order valence-electron chi connectivity index (χ4n) is 2.97. The lowest BCUT2D eigenvalue weighted by Crippen LogP contribution is -2.27. The highest BCUT2D eigenvalue weighted by molar-refractivity contribution is 5.98. The standard InChI is InChI=1S/C18H20N4O2/c1-3-16(23)21-9-8-14(10-21)22-11-15(18(19)24)17(20-22)13-6-4-12(2)5-7-13/h3-7,11,14H,1,8-10H2,2H3,(H2,19,24)/t14-/m1/s1. The van der Waals surface area contributed by atoms with Crippen molar-refractivity contribution in [2.45, 2.75) is 19.4 Å². The van der Waals surface area contributed by atoms with Crippen LogP contribution < -0.4 is 5.73 Å². The Labute approximate surface area is 140 Å². The highest BCUT2D eigenvalue weighted by Crippen LogP contribution is 2.27. The number of primary amides is 1. The number of carbonyl (C=O) groups is 2. The molecule has 1 fully saturated rings. The smallest absolute Gasteiger partial charge is 0.252 e. The first kappa shape index (κ1) is 16.0. The van der Waals surface area contributed by atoms with Crippen LogP contribution in [0.2, 0.25) is 0 Å². The molecule has 0 aliphatic carbocycles. The van der Waals surface area contributed by atoms with Crippen LogP contribution in [0.3, 0.4) is 0 Å². The Morgan fingerprint density at radius 2 is 2.04 bits per heavy atom. The minimum absolute atomic E-state index is 0.0335. The number of hydrogen-bond donors (Lipinski definition) is 1. The summed E-state index contributed by atoms with van der Waals surface area (Å²) < 4.78 is 1.76. The third-order valence-corrected chi connectivity index (χ3v) is 4.35. The number of amides is 2. The van der Waals surface area contributed by atoms with Crippen LogP contribution in [0.4, 0.5) is 0 Å². The van der Waals surface area contributed by atoms with Gasteiger partial charge in [-0.3, -0.25) is 14.3 Å². The average molecular weight is 324 g/mol. The lowest BCUT2D eigenvalue weighted by atomic mass is 10.1. The second-order valence-electron chi connectivity index (χ2n) is 6.03. The minimum Gasteiger partial charge on any atom is -0.365 e. The van der Waals surface area contributed by atoms with Gasteiger partial charge in [-0.15, -0.1) is 0 Å². The Morgan fingerprint density at radius 3 is 2.67 bits per heavy atom. The average Bonchev–Trinajstić information content (AvgIpc) is 3.21. The van der Waals surface area contributed by atoms with Crippen LogP contribution >= 0.6 is 0 Å². The number of aryl methyl sites for hydroxylation is 1. The molecular weight excluding hydrogens is 304 g/mol. The summed E-state index contributed by atoms with van der Waals surface area (Å²) in [5.41, 5.74) is 8.48. The Hall–Kier alpha value is -2.89. The molecule has 1 atom stereocenters. The zero-order chi connectivity index (χ0) is 17.3. The van der Waals surface area contributed by atoms with Crippen LogP contribution in [0, 0.1) is 6.92 Å². The van der Waals surface area contributed by atoms with Gasteiger partial charge >= 0.3 is 0 Å². The predicted molar refractivity (Wildman–Crippen MR) is 91.3 cm³/mol. The van der Waals surface area contributed by atoms with Gasteiger partial charge in [0.25, 0.3) is 5.91 Å². The maximum Gasteiger partial charge on any atom is 0.252 e. The molecule has 6 nitrogen and oxygen atoms in total.